The van der Waals surface area contributed by atoms with E-state index in [4.69, 9.17) is 5.11 Å². The Morgan fingerprint density at radius 3 is 2.35 bits per heavy atom. The molecule has 0 spiro atoms. The number of carbonyl (C=O) groups excluding carboxylic acids is 3. The number of nitrogens with one attached hydrogen (secondary N) is 2. The quantitative estimate of drug-likeness (QED) is 0.322. The maximum absolute atomic E-state index is 11.7. The zero-order chi connectivity index (χ0) is 18.0. The first-order valence-corrected chi connectivity index (χ1v) is 8.26. The maximum Gasteiger partial charge on any atom is 0.249 e. The van der Waals surface area contributed by atoms with Crippen LogP contribution in [0.1, 0.15) is 27.2 Å². The average molecular weight is 346 g/mol. The summed E-state index contributed by atoms with van der Waals surface area (Å²) in [7, 11) is 0. The van der Waals surface area contributed by atoms with Gasteiger partial charge in [0, 0.05) is 30.7 Å². The minimum absolute atomic E-state index is 0.0666. The summed E-state index contributed by atoms with van der Waals surface area (Å²) in [6.07, 6.45) is -1.28. The topological polar surface area (TPSA) is 116 Å². The molecule has 0 unspecified atom stereocenters. The first-order chi connectivity index (χ1) is 10.6. The van der Waals surface area contributed by atoms with Crippen molar-refractivity contribution in [2.75, 3.05) is 25.4 Å². The first-order valence-electron chi connectivity index (χ1n) is 7.27. The van der Waals surface area contributed by atoms with Crippen LogP contribution in [0.15, 0.2) is 12.2 Å². The molecule has 0 bridgehead atoms. The van der Waals surface area contributed by atoms with E-state index < -0.39 is 17.4 Å². The van der Waals surface area contributed by atoms with Crippen LogP contribution in [0, 0.1) is 5.41 Å². The monoisotopic (exact) mass is 346 g/mol. The second-order valence-corrected chi connectivity index (χ2v) is 6.92. The van der Waals surface area contributed by atoms with Gasteiger partial charge in [0.2, 0.25) is 16.9 Å². The van der Waals surface area contributed by atoms with Gasteiger partial charge in [0.05, 0.1) is 6.61 Å². The Morgan fingerprint density at radius 2 is 1.83 bits per heavy atom. The van der Waals surface area contributed by atoms with Crippen molar-refractivity contribution in [3.8, 4) is 0 Å². The largest absolute Gasteiger partial charge is 0.396 e. The van der Waals surface area contributed by atoms with E-state index in [1.54, 1.807) is 20.8 Å². The first kappa shape index (κ1) is 21.6. The number of hydrogen-bond donors (Lipinski definition) is 4. The number of hydrogen-bond acceptors (Lipinski definition) is 6. The molecule has 7 nitrogen and oxygen atoms in total. The summed E-state index contributed by atoms with van der Waals surface area (Å²) < 4.78 is 0. The summed E-state index contributed by atoms with van der Waals surface area (Å²) in [6.45, 7) is 8.38. The molecule has 4 N–H and O–H groups in total. The summed E-state index contributed by atoms with van der Waals surface area (Å²) in [6, 6.07) is 0. The molecule has 0 aliphatic carbocycles. The molecule has 0 saturated carbocycles. The zero-order valence-electron chi connectivity index (χ0n) is 13.8. The Bertz CT molecular complexity index is 451. The Labute approximate surface area is 140 Å². The van der Waals surface area contributed by atoms with Gasteiger partial charge in [-0.25, -0.2) is 0 Å². The van der Waals surface area contributed by atoms with Crippen LogP contribution in [0.3, 0.4) is 0 Å². The van der Waals surface area contributed by atoms with E-state index in [0.29, 0.717) is 17.9 Å². The fourth-order valence-electron chi connectivity index (χ4n) is 1.38. The van der Waals surface area contributed by atoms with Crippen LogP contribution >= 0.6 is 11.8 Å². The van der Waals surface area contributed by atoms with Crippen LogP contribution in [-0.4, -0.2) is 58.7 Å². The Hall–Kier alpha value is -1.38. The van der Waals surface area contributed by atoms with Crippen molar-refractivity contribution in [1.82, 2.24) is 10.6 Å². The minimum atomic E-state index is -1.35. The van der Waals surface area contributed by atoms with E-state index in [0.717, 1.165) is 11.8 Å². The van der Waals surface area contributed by atoms with Gasteiger partial charge in [-0.3, -0.25) is 14.4 Å². The summed E-state index contributed by atoms with van der Waals surface area (Å²) >= 11 is 1.08. The number of amides is 2. The summed E-state index contributed by atoms with van der Waals surface area (Å²) in [5.41, 5.74) is -0.479. The Balaban J connectivity index is 3.89. The zero-order valence-corrected chi connectivity index (χ0v) is 14.7. The molecule has 0 radical (unpaired) electrons. The van der Waals surface area contributed by atoms with Gasteiger partial charge in [0.25, 0.3) is 0 Å². The van der Waals surface area contributed by atoms with Crippen LogP contribution in [0.25, 0.3) is 0 Å². The Kier molecular flexibility index (Phi) is 9.78. The molecule has 0 rings (SSSR count). The number of aliphatic hydroxyl groups is 2. The summed E-state index contributed by atoms with van der Waals surface area (Å²) in [5, 5.41) is 23.8. The smallest absolute Gasteiger partial charge is 0.249 e. The minimum Gasteiger partial charge on any atom is -0.396 e. The molecule has 0 aliphatic rings. The van der Waals surface area contributed by atoms with Gasteiger partial charge in [-0.2, -0.15) is 0 Å². The molecule has 23 heavy (non-hydrogen) atoms. The second-order valence-electron chi connectivity index (χ2n) is 5.86. The lowest BCUT2D eigenvalue weighted by molar-refractivity contribution is -0.137. The van der Waals surface area contributed by atoms with Crippen molar-refractivity contribution in [2.45, 2.75) is 33.3 Å². The molecule has 132 valence electrons. The normalized spacial score (nSPS) is 12.4. The highest BCUT2D eigenvalue weighted by Crippen LogP contribution is 2.19. The third-order valence-corrected chi connectivity index (χ3v) is 4.07. The lowest BCUT2D eigenvalue weighted by atomic mass is 9.87. The lowest BCUT2D eigenvalue weighted by Crippen LogP contribution is -2.46. The number of rotatable bonds is 10. The number of aliphatic hydroxyl groups excluding tert-OH is 2. The maximum atomic E-state index is 11.7. The third kappa shape index (κ3) is 8.73. The van der Waals surface area contributed by atoms with E-state index >= 15 is 0 Å². The van der Waals surface area contributed by atoms with Crippen molar-refractivity contribution >= 4 is 28.7 Å². The molecule has 0 saturated heterocycles. The molecule has 0 aliphatic heterocycles. The van der Waals surface area contributed by atoms with Gasteiger partial charge in [-0.1, -0.05) is 32.2 Å². The van der Waals surface area contributed by atoms with Crippen LogP contribution in [0.4, 0.5) is 0 Å². The number of carbonyl (C=O) groups is 3. The molecule has 0 aromatic heterocycles. The van der Waals surface area contributed by atoms with Gasteiger partial charge in [-0.15, -0.1) is 0 Å². The van der Waals surface area contributed by atoms with Gasteiger partial charge < -0.3 is 20.8 Å². The molecular formula is C15H26N2O5S. The van der Waals surface area contributed by atoms with Gasteiger partial charge >= 0.3 is 0 Å². The fourth-order valence-corrected chi connectivity index (χ4v) is 2.02. The Morgan fingerprint density at radius 1 is 1.22 bits per heavy atom. The van der Waals surface area contributed by atoms with Crippen LogP contribution in [0.2, 0.25) is 0 Å². The molecule has 1 atom stereocenters. The predicted molar refractivity (Wildman–Crippen MR) is 89.8 cm³/mol. The second kappa shape index (κ2) is 10.4. The van der Waals surface area contributed by atoms with Crippen molar-refractivity contribution in [1.29, 1.82) is 0 Å². The standard InChI is InChI=1S/C15H26N2O5S/c1-10(2)14(22)23-8-7-16-11(19)5-6-17-13(21)12(20)15(3,4)9-18/h12,18,20H,1,5-9H2,2-4H3,(H,16,19)(H,17,21)/t12-/m0/s1. The van der Waals surface area contributed by atoms with Gasteiger partial charge in [0.1, 0.15) is 6.10 Å². The van der Waals surface area contributed by atoms with Crippen molar-refractivity contribution in [3.63, 3.8) is 0 Å². The van der Waals surface area contributed by atoms with E-state index in [9.17, 15) is 19.5 Å². The molecule has 0 aromatic rings. The summed E-state index contributed by atoms with van der Waals surface area (Å²) in [4.78, 5) is 34.5. The molecule has 2 amide bonds. The highest BCUT2D eigenvalue weighted by atomic mass is 32.2. The van der Waals surface area contributed by atoms with Crippen LogP contribution in [-0.2, 0) is 14.4 Å². The highest BCUT2D eigenvalue weighted by molar-refractivity contribution is 8.14. The number of thioether (sulfide) groups is 1. The van der Waals surface area contributed by atoms with Crippen molar-refractivity contribution in [3.05, 3.63) is 12.2 Å². The molecule has 0 fully saturated rings. The van der Waals surface area contributed by atoms with Crippen LogP contribution < -0.4 is 10.6 Å². The van der Waals surface area contributed by atoms with E-state index in [2.05, 4.69) is 17.2 Å². The van der Waals surface area contributed by atoms with Crippen LogP contribution in [0.5, 0.6) is 0 Å². The lowest BCUT2D eigenvalue weighted by Gasteiger charge is -2.27. The van der Waals surface area contributed by atoms with Gasteiger partial charge in [0.15, 0.2) is 0 Å². The van der Waals surface area contributed by atoms with Crippen molar-refractivity contribution < 1.29 is 24.6 Å². The highest BCUT2D eigenvalue weighted by Gasteiger charge is 2.32. The fraction of sp³-hybridized carbons (Fsp3) is 0.667. The SMILES string of the molecule is C=C(C)C(=O)SCCNC(=O)CCNC(=O)[C@H](O)C(C)(C)CO. The van der Waals surface area contributed by atoms with E-state index in [1.165, 1.54) is 0 Å². The van der Waals surface area contributed by atoms with Gasteiger partial charge in [-0.05, 0) is 12.5 Å². The molecular weight excluding hydrogens is 320 g/mol. The summed E-state index contributed by atoms with van der Waals surface area (Å²) in [5.74, 6) is -0.434. The van der Waals surface area contributed by atoms with E-state index in [-0.39, 0.29) is 30.6 Å². The average Bonchev–Trinajstić information content (AvgIpc) is 2.50. The molecule has 0 aromatic carbocycles. The van der Waals surface area contributed by atoms with E-state index in [1.807, 2.05) is 0 Å². The molecule has 8 heteroatoms. The van der Waals surface area contributed by atoms with Crippen molar-refractivity contribution in [2.24, 2.45) is 5.41 Å². The predicted octanol–water partition coefficient (Wildman–Crippen LogP) is -0.176. The molecule has 0 heterocycles. The third-order valence-electron chi connectivity index (χ3n) is 3.05.